The fraction of sp³-hybridized carbons (Fsp3) is 0.296. The Bertz CT molecular complexity index is 927. The normalized spacial score (nSPS) is 12.6. The minimum absolute atomic E-state index is 0.00000226. The summed E-state index contributed by atoms with van der Waals surface area (Å²) in [5, 5.41) is 5.99. The second-order valence-electron chi connectivity index (χ2n) is 8.23. The molecule has 2 amide bonds. The van der Waals surface area contributed by atoms with E-state index in [2.05, 4.69) is 39.9 Å². The van der Waals surface area contributed by atoms with E-state index >= 15 is 0 Å². The molecule has 0 radical (unpaired) electrons. The highest BCUT2D eigenvalue weighted by molar-refractivity contribution is 5.98. The third-order valence-electron chi connectivity index (χ3n) is 5.43. The van der Waals surface area contributed by atoms with Gasteiger partial charge >= 0.3 is 0 Å². The van der Waals surface area contributed by atoms with Crippen LogP contribution in [0, 0.1) is 0 Å². The highest BCUT2D eigenvalue weighted by atomic mass is 16.2. The Balaban J connectivity index is 1.49. The Labute approximate surface area is 190 Å². The van der Waals surface area contributed by atoms with Gasteiger partial charge in [-0.05, 0) is 62.8 Å². The van der Waals surface area contributed by atoms with Crippen molar-refractivity contribution in [3.63, 3.8) is 0 Å². The van der Waals surface area contributed by atoms with Gasteiger partial charge in [-0.3, -0.25) is 14.6 Å². The Morgan fingerprint density at radius 2 is 1.25 bits per heavy atom. The predicted molar refractivity (Wildman–Crippen MR) is 128 cm³/mol. The van der Waals surface area contributed by atoms with Crippen molar-refractivity contribution in [1.29, 1.82) is 0 Å². The summed E-state index contributed by atoms with van der Waals surface area (Å²) in [5.74, 6) is -0.462. The van der Waals surface area contributed by atoms with Gasteiger partial charge in [0.15, 0.2) is 0 Å². The lowest BCUT2D eigenvalue weighted by molar-refractivity contribution is 0.0933. The smallest absolute Gasteiger partial charge is 0.270 e. The molecule has 32 heavy (non-hydrogen) atoms. The van der Waals surface area contributed by atoms with Gasteiger partial charge in [-0.15, -0.1) is 0 Å². The van der Waals surface area contributed by atoms with Crippen molar-refractivity contribution in [3.05, 3.63) is 101 Å². The number of aryl methyl sites for hydroxylation is 2. The zero-order valence-corrected chi connectivity index (χ0v) is 18.8. The van der Waals surface area contributed by atoms with Gasteiger partial charge in [0, 0.05) is 23.8 Å². The zero-order valence-electron chi connectivity index (χ0n) is 18.8. The van der Waals surface area contributed by atoms with E-state index in [1.165, 1.54) is 17.3 Å². The number of rotatable bonds is 10. The number of nitrogens with zero attached hydrogens (tertiary/aromatic N) is 1. The van der Waals surface area contributed by atoms with Gasteiger partial charge in [-0.2, -0.15) is 0 Å². The molecule has 2 aromatic carbocycles. The standard InChI is InChI=1S/C27H31N3O2/c1-20(13-15-22-9-5-3-6-10-22)29-26(31)24-17-18-28-25(19-24)27(32)30-21(2)14-16-23-11-7-4-8-12-23/h3-12,17-21H,13-16H2,1-2H3,(H,29,31)(H,30,32). The molecule has 0 saturated carbocycles. The van der Waals surface area contributed by atoms with Gasteiger partial charge in [-0.1, -0.05) is 60.7 Å². The zero-order chi connectivity index (χ0) is 22.8. The van der Waals surface area contributed by atoms with Crippen LogP contribution in [0.5, 0.6) is 0 Å². The third-order valence-corrected chi connectivity index (χ3v) is 5.43. The molecule has 5 nitrogen and oxygen atoms in total. The predicted octanol–water partition coefficient (Wildman–Crippen LogP) is 4.58. The Morgan fingerprint density at radius 1 is 0.750 bits per heavy atom. The van der Waals surface area contributed by atoms with Crippen LogP contribution in [0.3, 0.4) is 0 Å². The van der Waals surface area contributed by atoms with Crippen molar-refractivity contribution in [2.24, 2.45) is 0 Å². The highest BCUT2D eigenvalue weighted by Crippen LogP contribution is 2.09. The number of hydrogen-bond donors (Lipinski definition) is 2. The van der Waals surface area contributed by atoms with Crippen molar-refractivity contribution in [2.45, 2.75) is 51.6 Å². The summed E-state index contributed by atoms with van der Waals surface area (Å²) in [6.07, 6.45) is 4.96. The summed E-state index contributed by atoms with van der Waals surface area (Å²) in [4.78, 5) is 29.4. The fourth-order valence-corrected chi connectivity index (χ4v) is 3.50. The maximum Gasteiger partial charge on any atom is 0.270 e. The van der Waals surface area contributed by atoms with Crippen LogP contribution in [0.1, 0.15) is 58.7 Å². The minimum atomic E-state index is -0.266. The van der Waals surface area contributed by atoms with Crippen molar-refractivity contribution < 1.29 is 9.59 Å². The average molecular weight is 430 g/mol. The Morgan fingerprint density at radius 3 is 1.78 bits per heavy atom. The van der Waals surface area contributed by atoms with E-state index in [0.29, 0.717) is 5.56 Å². The number of aromatic nitrogens is 1. The van der Waals surface area contributed by atoms with Crippen molar-refractivity contribution in [3.8, 4) is 0 Å². The number of benzene rings is 2. The van der Waals surface area contributed by atoms with E-state index in [1.54, 1.807) is 12.1 Å². The molecule has 2 unspecified atom stereocenters. The molecule has 0 fully saturated rings. The SMILES string of the molecule is CC(CCc1ccccc1)NC(=O)c1ccnc(C(=O)NC(C)CCc2ccccc2)c1. The van der Waals surface area contributed by atoms with E-state index in [4.69, 9.17) is 0 Å². The lowest BCUT2D eigenvalue weighted by atomic mass is 10.1. The van der Waals surface area contributed by atoms with Gasteiger partial charge in [-0.25, -0.2) is 0 Å². The fourth-order valence-electron chi connectivity index (χ4n) is 3.50. The average Bonchev–Trinajstić information content (AvgIpc) is 2.83. The molecule has 0 aliphatic rings. The van der Waals surface area contributed by atoms with Crippen LogP contribution in [0.25, 0.3) is 0 Å². The molecular formula is C27H31N3O2. The van der Waals surface area contributed by atoms with E-state index in [1.807, 2.05) is 50.2 Å². The Kier molecular flexibility index (Phi) is 8.55. The van der Waals surface area contributed by atoms with Gasteiger partial charge in [0.05, 0.1) is 0 Å². The van der Waals surface area contributed by atoms with E-state index in [0.717, 1.165) is 25.7 Å². The van der Waals surface area contributed by atoms with Crippen LogP contribution in [0.15, 0.2) is 79.0 Å². The molecule has 5 heteroatoms. The molecule has 166 valence electrons. The van der Waals surface area contributed by atoms with Gasteiger partial charge in [0.25, 0.3) is 11.8 Å². The second-order valence-corrected chi connectivity index (χ2v) is 8.23. The van der Waals surface area contributed by atoms with E-state index in [9.17, 15) is 9.59 Å². The first-order valence-corrected chi connectivity index (χ1v) is 11.2. The molecular weight excluding hydrogens is 398 g/mol. The second kappa shape index (κ2) is 11.8. The first-order valence-electron chi connectivity index (χ1n) is 11.2. The number of carbonyl (C=O) groups excluding carboxylic acids is 2. The highest BCUT2D eigenvalue weighted by Gasteiger charge is 2.15. The van der Waals surface area contributed by atoms with E-state index < -0.39 is 0 Å². The maximum absolute atomic E-state index is 12.7. The van der Waals surface area contributed by atoms with Crippen LogP contribution in [0.2, 0.25) is 0 Å². The minimum Gasteiger partial charge on any atom is -0.350 e. The van der Waals surface area contributed by atoms with Crippen LogP contribution in [-0.2, 0) is 12.8 Å². The van der Waals surface area contributed by atoms with Gasteiger partial charge < -0.3 is 10.6 Å². The monoisotopic (exact) mass is 429 g/mol. The summed E-state index contributed by atoms with van der Waals surface area (Å²) in [7, 11) is 0. The summed E-state index contributed by atoms with van der Waals surface area (Å²) in [6.45, 7) is 3.97. The first-order chi connectivity index (χ1) is 15.5. The number of pyridine rings is 1. The molecule has 0 saturated heterocycles. The van der Waals surface area contributed by atoms with Gasteiger partial charge in [0.1, 0.15) is 5.69 Å². The van der Waals surface area contributed by atoms with Crippen LogP contribution < -0.4 is 10.6 Å². The molecule has 2 N–H and O–H groups in total. The number of hydrogen-bond acceptors (Lipinski definition) is 3. The quantitative estimate of drug-likeness (QED) is 0.495. The molecule has 0 spiro atoms. The molecule has 0 aliphatic carbocycles. The molecule has 3 aromatic rings. The molecule has 2 atom stereocenters. The number of carbonyl (C=O) groups is 2. The molecule has 1 aromatic heterocycles. The van der Waals surface area contributed by atoms with Crippen LogP contribution in [0.4, 0.5) is 0 Å². The largest absolute Gasteiger partial charge is 0.350 e. The van der Waals surface area contributed by atoms with Crippen LogP contribution >= 0.6 is 0 Å². The summed E-state index contributed by atoms with van der Waals surface area (Å²) >= 11 is 0. The Hall–Kier alpha value is -3.47. The summed E-state index contributed by atoms with van der Waals surface area (Å²) < 4.78 is 0. The van der Waals surface area contributed by atoms with Gasteiger partial charge in [0.2, 0.25) is 0 Å². The lowest BCUT2D eigenvalue weighted by Crippen LogP contribution is -2.35. The third kappa shape index (κ3) is 7.34. The molecule has 1 heterocycles. The molecule has 0 aliphatic heterocycles. The summed E-state index contributed by atoms with van der Waals surface area (Å²) in [6, 6.07) is 23.6. The lowest BCUT2D eigenvalue weighted by Gasteiger charge is -2.15. The van der Waals surface area contributed by atoms with Crippen molar-refractivity contribution in [1.82, 2.24) is 15.6 Å². The van der Waals surface area contributed by atoms with Crippen LogP contribution in [-0.4, -0.2) is 28.9 Å². The molecule has 3 rings (SSSR count). The molecule has 0 bridgehead atoms. The number of amides is 2. The first kappa shape index (κ1) is 23.2. The van der Waals surface area contributed by atoms with Crippen molar-refractivity contribution >= 4 is 11.8 Å². The number of nitrogens with one attached hydrogen (secondary N) is 2. The van der Waals surface area contributed by atoms with Crippen molar-refractivity contribution in [2.75, 3.05) is 0 Å². The maximum atomic E-state index is 12.7. The summed E-state index contributed by atoms with van der Waals surface area (Å²) in [5.41, 5.74) is 3.18. The van der Waals surface area contributed by atoms with E-state index in [-0.39, 0.29) is 29.6 Å². The topological polar surface area (TPSA) is 71.1 Å².